The molecule has 2 rings (SSSR count). The third-order valence-electron chi connectivity index (χ3n) is 3.53. The number of aliphatic hydroxyl groups is 1. The Kier molecular flexibility index (Phi) is 4.32. The molecule has 0 aromatic heterocycles. The van der Waals surface area contributed by atoms with Crippen LogP contribution in [0.3, 0.4) is 0 Å². The average Bonchev–Trinajstić information content (AvgIpc) is 2.70. The summed E-state index contributed by atoms with van der Waals surface area (Å²) in [4.78, 5) is 15.9. The maximum atomic E-state index is 12.0. The van der Waals surface area contributed by atoms with Crippen LogP contribution in [-0.2, 0) is 4.74 Å². The number of hydrogen-bond acceptors (Lipinski definition) is 5. The van der Waals surface area contributed by atoms with Crippen LogP contribution in [0.4, 0.5) is 4.79 Å². The van der Waals surface area contributed by atoms with Crippen molar-refractivity contribution in [3.8, 4) is 0 Å². The number of likely N-dealkylation sites (tertiary alicyclic amines) is 1. The first-order chi connectivity index (χ1) is 8.87. The highest BCUT2D eigenvalue weighted by atomic mass is 16.6. The summed E-state index contributed by atoms with van der Waals surface area (Å²) in [5.41, 5.74) is -0.491. The normalized spacial score (nSPS) is 29.6. The van der Waals surface area contributed by atoms with Crippen LogP contribution in [0, 0.1) is 0 Å². The Morgan fingerprint density at radius 1 is 1.26 bits per heavy atom. The molecular formula is C13H25N3O3. The van der Waals surface area contributed by atoms with Gasteiger partial charge in [-0.2, -0.15) is 0 Å². The second-order valence-electron chi connectivity index (χ2n) is 6.31. The summed E-state index contributed by atoms with van der Waals surface area (Å²) >= 11 is 0. The molecule has 110 valence electrons. The van der Waals surface area contributed by atoms with Gasteiger partial charge in [0.15, 0.2) is 0 Å². The number of ether oxygens (including phenoxy) is 1. The molecule has 0 spiro atoms. The first-order valence-corrected chi connectivity index (χ1v) is 6.97. The van der Waals surface area contributed by atoms with Gasteiger partial charge < -0.3 is 20.1 Å². The fourth-order valence-electron chi connectivity index (χ4n) is 2.62. The van der Waals surface area contributed by atoms with E-state index in [9.17, 15) is 9.90 Å². The summed E-state index contributed by atoms with van der Waals surface area (Å²) in [6.45, 7) is 10.2. The lowest BCUT2D eigenvalue weighted by Gasteiger charge is -2.33. The van der Waals surface area contributed by atoms with E-state index in [1.54, 1.807) is 4.90 Å². The van der Waals surface area contributed by atoms with Crippen LogP contribution >= 0.6 is 0 Å². The Hall–Kier alpha value is -0.850. The number of hydrogen-bond donors (Lipinski definition) is 2. The molecule has 0 radical (unpaired) electrons. The monoisotopic (exact) mass is 271 g/mol. The number of rotatable bonds is 1. The fourth-order valence-corrected chi connectivity index (χ4v) is 2.62. The van der Waals surface area contributed by atoms with Crippen LogP contribution in [0.15, 0.2) is 0 Å². The first-order valence-electron chi connectivity index (χ1n) is 6.97. The highest BCUT2D eigenvalue weighted by molar-refractivity contribution is 5.68. The fraction of sp³-hybridized carbons (Fsp3) is 0.923. The number of piperazine rings is 1. The highest BCUT2D eigenvalue weighted by Crippen LogP contribution is 2.19. The van der Waals surface area contributed by atoms with E-state index < -0.39 is 11.7 Å². The Morgan fingerprint density at radius 3 is 2.47 bits per heavy atom. The van der Waals surface area contributed by atoms with Crippen molar-refractivity contribution in [1.29, 1.82) is 0 Å². The minimum absolute atomic E-state index is 0.0367. The molecule has 1 amide bonds. The van der Waals surface area contributed by atoms with Crippen molar-refractivity contribution < 1.29 is 14.6 Å². The van der Waals surface area contributed by atoms with Gasteiger partial charge in [-0.05, 0) is 20.8 Å². The number of carbonyl (C=O) groups is 1. The molecule has 2 aliphatic rings. The Bertz CT molecular complexity index is 324. The Balaban J connectivity index is 1.91. The smallest absolute Gasteiger partial charge is 0.410 e. The number of carbonyl (C=O) groups excluding carboxylic acids is 1. The lowest BCUT2D eigenvalue weighted by molar-refractivity contribution is 0.0269. The molecule has 19 heavy (non-hydrogen) atoms. The molecule has 6 nitrogen and oxygen atoms in total. The number of nitrogens with one attached hydrogen (secondary N) is 1. The molecule has 2 fully saturated rings. The number of β-amino-alcohol motifs (C(OH)–C–C–N with tert-alkyl or cyclic N) is 1. The summed E-state index contributed by atoms with van der Waals surface area (Å²) in [7, 11) is 0. The van der Waals surface area contributed by atoms with E-state index in [0.29, 0.717) is 13.1 Å². The molecule has 0 aromatic rings. The molecule has 0 unspecified atom stereocenters. The van der Waals surface area contributed by atoms with Crippen molar-refractivity contribution in [2.45, 2.75) is 38.5 Å². The minimum atomic E-state index is -0.491. The van der Waals surface area contributed by atoms with E-state index in [1.165, 1.54) is 0 Å². The van der Waals surface area contributed by atoms with Gasteiger partial charge in [-0.1, -0.05) is 0 Å². The van der Waals surface area contributed by atoms with E-state index in [4.69, 9.17) is 4.74 Å². The molecule has 2 aliphatic heterocycles. The van der Waals surface area contributed by atoms with Crippen molar-refractivity contribution in [3.63, 3.8) is 0 Å². The van der Waals surface area contributed by atoms with Crippen molar-refractivity contribution in [3.05, 3.63) is 0 Å². The summed E-state index contributed by atoms with van der Waals surface area (Å²) in [6, 6.07) is 0.0367. The summed E-state index contributed by atoms with van der Waals surface area (Å²) in [5.74, 6) is 0. The zero-order valence-corrected chi connectivity index (χ0v) is 12.1. The molecular weight excluding hydrogens is 246 g/mol. The predicted octanol–water partition coefficient (Wildman–Crippen LogP) is -0.128. The predicted molar refractivity (Wildman–Crippen MR) is 72.0 cm³/mol. The quantitative estimate of drug-likeness (QED) is 0.695. The van der Waals surface area contributed by atoms with E-state index in [1.807, 2.05) is 20.8 Å². The van der Waals surface area contributed by atoms with Gasteiger partial charge in [-0.25, -0.2) is 4.79 Å². The number of aliphatic hydroxyl groups excluding tert-OH is 1. The molecule has 6 heteroatoms. The standard InChI is InChI=1S/C13H25N3O3/c1-13(2,3)19-12(18)16-8-10(11(17)9-16)15-6-4-14-5-7-15/h10-11,14,17H,4-9H2,1-3H3/t10-,11-/m0/s1. The SMILES string of the molecule is CC(C)(C)OC(=O)N1C[C@H](O)[C@@H](N2CCNCC2)C1. The van der Waals surface area contributed by atoms with Crippen LogP contribution in [0.5, 0.6) is 0 Å². The second kappa shape index (κ2) is 5.64. The summed E-state index contributed by atoms with van der Waals surface area (Å²) < 4.78 is 5.35. The van der Waals surface area contributed by atoms with E-state index in [-0.39, 0.29) is 12.1 Å². The van der Waals surface area contributed by atoms with Gasteiger partial charge in [-0.15, -0.1) is 0 Å². The van der Waals surface area contributed by atoms with Crippen LogP contribution in [0.25, 0.3) is 0 Å². The van der Waals surface area contributed by atoms with Crippen LogP contribution in [0.1, 0.15) is 20.8 Å². The molecule has 0 saturated carbocycles. The summed E-state index contributed by atoms with van der Waals surface area (Å²) in [6.07, 6.45) is -0.810. The van der Waals surface area contributed by atoms with Crippen molar-refractivity contribution in [2.75, 3.05) is 39.3 Å². The maximum absolute atomic E-state index is 12.0. The Morgan fingerprint density at radius 2 is 1.89 bits per heavy atom. The maximum Gasteiger partial charge on any atom is 0.410 e. The largest absolute Gasteiger partial charge is 0.444 e. The summed E-state index contributed by atoms with van der Waals surface area (Å²) in [5, 5.41) is 13.4. The van der Waals surface area contributed by atoms with Gasteiger partial charge in [0.25, 0.3) is 0 Å². The zero-order valence-electron chi connectivity index (χ0n) is 12.1. The van der Waals surface area contributed by atoms with Gasteiger partial charge in [0.05, 0.1) is 18.7 Å². The van der Waals surface area contributed by atoms with Crippen LogP contribution < -0.4 is 5.32 Å². The van der Waals surface area contributed by atoms with E-state index in [0.717, 1.165) is 26.2 Å². The lowest BCUT2D eigenvalue weighted by Crippen LogP contribution is -2.52. The number of amides is 1. The van der Waals surface area contributed by atoms with Crippen molar-refractivity contribution in [1.82, 2.24) is 15.1 Å². The molecule has 2 saturated heterocycles. The van der Waals surface area contributed by atoms with E-state index in [2.05, 4.69) is 10.2 Å². The van der Waals surface area contributed by atoms with Crippen molar-refractivity contribution >= 4 is 6.09 Å². The topological polar surface area (TPSA) is 65.0 Å². The van der Waals surface area contributed by atoms with E-state index >= 15 is 0 Å². The van der Waals surface area contributed by atoms with Gasteiger partial charge in [0, 0.05) is 32.7 Å². The molecule has 2 atom stereocenters. The third kappa shape index (κ3) is 3.81. The van der Waals surface area contributed by atoms with Crippen LogP contribution in [-0.4, -0.2) is 78.0 Å². The molecule has 0 aromatic carbocycles. The van der Waals surface area contributed by atoms with Crippen LogP contribution in [0.2, 0.25) is 0 Å². The molecule has 0 bridgehead atoms. The van der Waals surface area contributed by atoms with Gasteiger partial charge in [0.2, 0.25) is 0 Å². The molecule has 2 heterocycles. The molecule has 0 aliphatic carbocycles. The molecule has 2 N–H and O–H groups in total. The Labute approximate surface area is 114 Å². The lowest BCUT2D eigenvalue weighted by atomic mass is 10.1. The first kappa shape index (κ1) is 14.6. The highest BCUT2D eigenvalue weighted by Gasteiger charge is 2.39. The van der Waals surface area contributed by atoms with Gasteiger partial charge >= 0.3 is 6.09 Å². The van der Waals surface area contributed by atoms with Gasteiger partial charge in [-0.3, -0.25) is 4.90 Å². The minimum Gasteiger partial charge on any atom is -0.444 e. The van der Waals surface area contributed by atoms with Crippen molar-refractivity contribution in [2.24, 2.45) is 0 Å². The van der Waals surface area contributed by atoms with Gasteiger partial charge in [0.1, 0.15) is 5.60 Å². The third-order valence-corrected chi connectivity index (χ3v) is 3.53. The number of nitrogens with zero attached hydrogens (tertiary/aromatic N) is 2. The second-order valence-corrected chi connectivity index (χ2v) is 6.31. The zero-order chi connectivity index (χ0) is 14.0. The average molecular weight is 271 g/mol.